The summed E-state index contributed by atoms with van der Waals surface area (Å²) in [6.07, 6.45) is 1.92. The minimum atomic E-state index is -1.30. The van der Waals surface area contributed by atoms with Crippen LogP contribution in [0.3, 0.4) is 0 Å². The van der Waals surface area contributed by atoms with E-state index in [0.29, 0.717) is 17.7 Å². The smallest absolute Gasteiger partial charge is 0.408 e. The lowest BCUT2D eigenvalue weighted by molar-refractivity contribution is -0.145. The van der Waals surface area contributed by atoms with Gasteiger partial charge in [0.05, 0.1) is 6.61 Å². The summed E-state index contributed by atoms with van der Waals surface area (Å²) in [5.74, 6) is -0.923. The van der Waals surface area contributed by atoms with Crippen molar-refractivity contribution in [3.05, 3.63) is 29.3 Å². The summed E-state index contributed by atoms with van der Waals surface area (Å²) >= 11 is 0. The van der Waals surface area contributed by atoms with Crippen LogP contribution in [-0.2, 0) is 14.3 Å². The Morgan fingerprint density at radius 1 is 1.15 bits per heavy atom. The second kappa shape index (κ2) is 13.2. The molecule has 0 aromatic heterocycles. The number of benzene rings is 1. The fraction of sp³-hybridized carbons (Fsp3) is 0.640. The summed E-state index contributed by atoms with van der Waals surface area (Å²) < 4.78 is 5.22. The van der Waals surface area contributed by atoms with Gasteiger partial charge in [-0.2, -0.15) is 0 Å². The molecular weight excluding hydrogens is 438 g/mol. The van der Waals surface area contributed by atoms with Crippen LogP contribution in [0.5, 0.6) is 5.75 Å². The number of carbonyl (C=O) groups excluding carboxylic acids is 3. The molecule has 0 bridgehead atoms. The molecule has 0 saturated carbocycles. The topological polar surface area (TPSA) is 128 Å². The Kier molecular flexibility index (Phi) is 11.3. The Balaban J connectivity index is 3.33. The number of aliphatic hydroxyl groups is 1. The van der Waals surface area contributed by atoms with Crippen LogP contribution in [0.1, 0.15) is 78.0 Å². The van der Waals surface area contributed by atoms with Gasteiger partial charge in [0.15, 0.2) is 0 Å². The summed E-state index contributed by atoms with van der Waals surface area (Å²) in [6, 6.07) is 1.96. The number of alkyl carbamates (subject to hydrolysis) is 1. The van der Waals surface area contributed by atoms with Gasteiger partial charge in [0.2, 0.25) is 11.8 Å². The molecule has 0 saturated heterocycles. The number of aromatic hydroxyl groups is 1. The van der Waals surface area contributed by atoms with E-state index in [1.807, 2.05) is 0 Å². The van der Waals surface area contributed by atoms with E-state index in [9.17, 15) is 24.6 Å². The first-order valence-corrected chi connectivity index (χ1v) is 11.8. The molecule has 0 aliphatic rings. The van der Waals surface area contributed by atoms with E-state index < -0.39 is 42.3 Å². The Bertz CT molecular complexity index is 834. The number of amides is 3. The predicted molar refractivity (Wildman–Crippen MR) is 130 cm³/mol. The van der Waals surface area contributed by atoms with Crippen LogP contribution in [0.15, 0.2) is 18.2 Å². The Labute approximate surface area is 202 Å². The fourth-order valence-electron chi connectivity index (χ4n) is 3.47. The second-order valence-corrected chi connectivity index (χ2v) is 9.67. The Morgan fingerprint density at radius 2 is 1.79 bits per heavy atom. The minimum Gasteiger partial charge on any atom is -0.508 e. The third-order valence-corrected chi connectivity index (χ3v) is 5.13. The highest BCUT2D eigenvalue weighted by molar-refractivity contribution is 5.92. The van der Waals surface area contributed by atoms with Crippen molar-refractivity contribution in [1.29, 1.82) is 0 Å². The second-order valence-electron chi connectivity index (χ2n) is 9.67. The predicted octanol–water partition coefficient (Wildman–Crippen LogP) is 3.17. The van der Waals surface area contributed by atoms with Gasteiger partial charge in [-0.15, -0.1) is 0 Å². The Hall–Kier alpha value is -2.81. The number of ether oxygens (including phenoxy) is 1. The number of rotatable bonds is 11. The van der Waals surface area contributed by atoms with Crippen molar-refractivity contribution in [1.82, 2.24) is 15.5 Å². The molecule has 4 N–H and O–H groups in total. The van der Waals surface area contributed by atoms with E-state index in [1.54, 1.807) is 53.7 Å². The largest absolute Gasteiger partial charge is 0.508 e. The van der Waals surface area contributed by atoms with Crippen LogP contribution >= 0.6 is 0 Å². The number of aliphatic hydroxyl groups excluding tert-OH is 1. The van der Waals surface area contributed by atoms with Gasteiger partial charge in [0.1, 0.15) is 23.4 Å². The molecule has 0 fully saturated rings. The maximum absolute atomic E-state index is 13.5. The number of nitrogens with zero attached hydrogens (tertiary/aromatic N) is 1. The van der Waals surface area contributed by atoms with Gasteiger partial charge in [0, 0.05) is 12.6 Å². The summed E-state index contributed by atoms with van der Waals surface area (Å²) in [7, 11) is 0. The summed E-state index contributed by atoms with van der Waals surface area (Å²) in [4.78, 5) is 40.5. The molecule has 9 nitrogen and oxygen atoms in total. The van der Waals surface area contributed by atoms with Crippen molar-refractivity contribution in [3.8, 4) is 5.75 Å². The van der Waals surface area contributed by atoms with E-state index in [0.717, 1.165) is 19.3 Å². The third-order valence-electron chi connectivity index (χ3n) is 5.13. The highest BCUT2D eigenvalue weighted by Crippen LogP contribution is 2.28. The zero-order valence-corrected chi connectivity index (χ0v) is 21.5. The molecule has 0 radical (unpaired) electrons. The van der Waals surface area contributed by atoms with Crippen LogP contribution in [0.2, 0.25) is 0 Å². The number of phenolic OH excluding ortho intramolecular Hbond substituents is 1. The monoisotopic (exact) mass is 479 g/mol. The molecule has 34 heavy (non-hydrogen) atoms. The zero-order chi connectivity index (χ0) is 26.1. The van der Waals surface area contributed by atoms with E-state index in [4.69, 9.17) is 4.74 Å². The number of carbonyl (C=O) groups is 3. The van der Waals surface area contributed by atoms with Crippen molar-refractivity contribution in [3.63, 3.8) is 0 Å². The number of hydrogen-bond donors (Lipinski definition) is 4. The van der Waals surface area contributed by atoms with Gasteiger partial charge in [0.25, 0.3) is 0 Å². The molecule has 0 spiro atoms. The van der Waals surface area contributed by atoms with Gasteiger partial charge in [-0.1, -0.05) is 25.8 Å². The van der Waals surface area contributed by atoms with E-state index in [1.165, 1.54) is 11.0 Å². The number of aryl methyl sites for hydroxylation is 1. The minimum absolute atomic E-state index is 0.0769. The third kappa shape index (κ3) is 8.85. The number of phenols is 1. The van der Waals surface area contributed by atoms with Gasteiger partial charge in [-0.25, -0.2) is 4.79 Å². The van der Waals surface area contributed by atoms with E-state index in [-0.39, 0.29) is 11.7 Å². The molecule has 9 heteroatoms. The van der Waals surface area contributed by atoms with Crippen molar-refractivity contribution >= 4 is 17.9 Å². The van der Waals surface area contributed by atoms with Crippen LogP contribution in [0.4, 0.5) is 4.79 Å². The van der Waals surface area contributed by atoms with Crippen molar-refractivity contribution < 1.29 is 29.3 Å². The first-order valence-electron chi connectivity index (χ1n) is 11.8. The standard InChI is InChI=1S/C25H41N3O6/c1-8-9-10-13-26-22(31)21(18-11-12-20(30)17(4)14-18)28(16(2)3)23(32)19(15-29)27-24(33)34-25(5,6)7/h11-12,14,16,19,21,29-30H,8-10,13,15H2,1-7H3,(H,26,31)(H,27,33). The number of hydrogen-bond acceptors (Lipinski definition) is 6. The molecule has 2 atom stereocenters. The molecule has 0 aliphatic carbocycles. The van der Waals surface area contributed by atoms with Crippen molar-refractivity contribution in [2.75, 3.05) is 13.2 Å². The average molecular weight is 480 g/mol. The molecule has 0 heterocycles. The first-order chi connectivity index (χ1) is 15.8. The first kappa shape index (κ1) is 29.2. The molecule has 2 unspecified atom stereocenters. The van der Waals surface area contributed by atoms with Crippen molar-refractivity contribution in [2.24, 2.45) is 0 Å². The lowest BCUT2D eigenvalue weighted by atomic mass is 9.99. The summed E-state index contributed by atoms with van der Waals surface area (Å²) in [6.45, 7) is 12.1. The molecule has 192 valence electrons. The number of unbranched alkanes of at least 4 members (excludes halogenated alkanes) is 2. The van der Waals surface area contributed by atoms with Crippen molar-refractivity contribution in [2.45, 2.75) is 91.5 Å². The van der Waals surface area contributed by atoms with Gasteiger partial charge >= 0.3 is 6.09 Å². The number of nitrogens with one attached hydrogen (secondary N) is 2. The lowest BCUT2D eigenvalue weighted by Gasteiger charge is -2.37. The van der Waals surface area contributed by atoms with Crippen LogP contribution in [0, 0.1) is 6.92 Å². The van der Waals surface area contributed by atoms with Crippen LogP contribution in [0.25, 0.3) is 0 Å². The average Bonchev–Trinajstić information content (AvgIpc) is 2.73. The molecule has 1 aromatic carbocycles. The van der Waals surface area contributed by atoms with Crippen LogP contribution < -0.4 is 10.6 Å². The van der Waals surface area contributed by atoms with Crippen LogP contribution in [-0.4, -0.2) is 63.9 Å². The molecule has 1 rings (SSSR count). The molecule has 1 aromatic rings. The molecular formula is C25H41N3O6. The SMILES string of the molecule is CCCCCNC(=O)C(c1ccc(O)c(C)c1)N(C(=O)C(CO)NC(=O)OC(C)(C)C)C(C)C. The quantitative estimate of drug-likeness (QED) is 0.361. The van der Waals surface area contributed by atoms with Gasteiger partial charge < -0.3 is 30.5 Å². The van der Waals surface area contributed by atoms with E-state index >= 15 is 0 Å². The Morgan fingerprint density at radius 3 is 2.29 bits per heavy atom. The molecule has 3 amide bonds. The normalized spacial score (nSPS) is 13.2. The molecule has 0 aliphatic heterocycles. The maximum Gasteiger partial charge on any atom is 0.408 e. The summed E-state index contributed by atoms with van der Waals surface area (Å²) in [5.41, 5.74) is 0.289. The summed E-state index contributed by atoms with van der Waals surface area (Å²) in [5, 5.41) is 25.2. The van der Waals surface area contributed by atoms with Gasteiger partial charge in [-0.05, 0) is 71.2 Å². The lowest BCUT2D eigenvalue weighted by Crippen LogP contribution is -2.56. The zero-order valence-electron chi connectivity index (χ0n) is 21.5. The maximum atomic E-state index is 13.5. The van der Waals surface area contributed by atoms with Gasteiger partial charge in [-0.3, -0.25) is 9.59 Å². The highest BCUT2D eigenvalue weighted by Gasteiger charge is 2.37. The highest BCUT2D eigenvalue weighted by atomic mass is 16.6. The van der Waals surface area contributed by atoms with E-state index in [2.05, 4.69) is 17.6 Å². The fourth-order valence-corrected chi connectivity index (χ4v) is 3.47.